The zero-order valence-electron chi connectivity index (χ0n) is 17.7. The molecule has 1 aliphatic heterocycles. The monoisotopic (exact) mass is 404 g/mol. The van der Waals surface area contributed by atoms with Gasteiger partial charge in [-0.15, -0.1) is 0 Å². The summed E-state index contributed by atoms with van der Waals surface area (Å²) in [7, 11) is 1.73. The molecule has 0 N–H and O–H groups in total. The van der Waals surface area contributed by atoms with Crippen LogP contribution in [0.1, 0.15) is 23.4 Å². The molecule has 0 unspecified atom stereocenters. The third-order valence-corrected chi connectivity index (χ3v) is 5.85. The Hall–Kier alpha value is -2.99. The highest BCUT2D eigenvalue weighted by Gasteiger charge is 2.21. The van der Waals surface area contributed by atoms with E-state index in [1.165, 1.54) is 11.1 Å². The largest absolute Gasteiger partial charge is 0.340 e. The first-order valence-corrected chi connectivity index (χ1v) is 10.5. The maximum atomic E-state index is 12.7. The Balaban J connectivity index is 1.33. The van der Waals surface area contributed by atoms with E-state index >= 15 is 0 Å². The van der Waals surface area contributed by atoms with E-state index in [0.29, 0.717) is 29.6 Å². The van der Waals surface area contributed by atoms with Crippen LogP contribution in [0.15, 0.2) is 53.3 Å². The van der Waals surface area contributed by atoms with Crippen LogP contribution in [0.2, 0.25) is 0 Å². The Morgan fingerprint density at radius 1 is 1.03 bits per heavy atom. The van der Waals surface area contributed by atoms with Gasteiger partial charge in [-0.05, 0) is 24.6 Å². The standard InChI is InChI=1S/C24H28N4O2/c1-18-6-5-7-19(16-18)17-27-12-14-28(15-13-27)23(29)11-10-22-25-21-9-4-3-8-20(21)24(30)26(22)2/h3-9,16H,10-15,17H2,1-2H3. The van der Waals surface area contributed by atoms with Crippen LogP contribution in [0.4, 0.5) is 0 Å². The number of hydrogen-bond acceptors (Lipinski definition) is 4. The van der Waals surface area contributed by atoms with E-state index in [0.717, 1.165) is 32.7 Å². The lowest BCUT2D eigenvalue weighted by Crippen LogP contribution is -2.48. The van der Waals surface area contributed by atoms with Crippen LogP contribution in [0.25, 0.3) is 10.9 Å². The third-order valence-electron chi connectivity index (χ3n) is 5.85. The Morgan fingerprint density at radius 3 is 2.57 bits per heavy atom. The Morgan fingerprint density at radius 2 is 1.80 bits per heavy atom. The molecule has 1 amide bonds. The van der Waals surface area contributed by atoms with E-state index in [1.807, 2.05) is 23.1 Å². The van der Waals surface area contributed by atoms with Crippen molar-refractivity contribution < 1.29 is 4.79 Å². The second kappa shape index (κ2) is 8.79. The van der Waals surface area contributed by atoms with Gasteiger partial charge in [0.2, 0.25) is 5.91 Å². The topological polar surface area (TPSA) is 58.4 Å². The van der Waals surface area contributed by atoms with Gasteiger partial charge in [-0.25, -0.2) is 4.98 Å². The molecule has 2 aromatic carbocycles. The molecule has 4 rings (SSSR count). The molecular weight excluding hydrogens is 376 g/mol. The molecular formula is C24H28N4O2. The number of amides is 1. The summed E-state index contributed by atoms with van der Waals surface area (Å²) in [5, 5.41) is 0.611. The fourth-order valence-electron chi connectivity index (χ4n) is 4.09. The van der Waals surface area contributed by atoms with Gasteiger partial charge >= 0.3 is 0 Å². The summed E-state index contributed by atoms with van der Waals surface area (Å²) < 4.78 is 1.56. The third kappa shape index (κ3) is 4.44. The molecule has 1 aliphatic rings. The molecule has 3 aromatic rings. The molecule has 6 heteroatoms. The molecule has 156 valence electrons. The molecule has 0 spiro atoms. The summed E-state index contributed by atoms with van der Waals surface area (Å²) in [5.74, 6) is 0.790. The summed E-state index contributed by atoms with van der Waals surface area (Å²) in [5.41, 5.74) is 3.22. The quantitative estimate of drug-likeness (QED) is 0.656. The Labute approximate surface area is 176 Å². The predicted molar refractivity (Wildman–Crippen MR) is 118 cm³/mol. The van der Waals surface area contributed by atoms with E-state index in [2.05, 4.69) is 41.1 Å². The van der Waals surface area contributed by atoms with Crippen molar-refractivity contribution in [1.82, 2.24) is 19.4 Å². The van der Waals surface area contributed by atoms with Crippen LogP contribution in [-0.4, -0.2) is 51.4 Å². The molecule has 0 aliphatic carbocycles. The minimum atomic E-state index is -0.0622. The van der Waals surface area contributed by atoms with Crippen molar-refractivity contribution in [2.75, 3.05) is 26.2 Å². The Kier molecular flexibility index (Phi) is 5.95. The average molecular weight is 405 g/mol. The fourth-order valence-corrected chi connectivity index (χ4v) is 4.09. The molecule has 0 bridgehead atoms. The Bertz CT molecular complexity index is 1110. The summed E-state index contributed by atoms with van der Waals surface area (Å²) in [6, 6.07) is 15.9. The van der Waals surface area contributed by atoms with Crippen LogP contribution in [0, 0.1) is 6.92 Å². The van der Waals surface area contributed by atoms with Crippen molar-refractivity contribution >= 4 is 16.8 Å². The number of benzene rings is 2. The number of nitrogens with zero attached hydrogens (tertiary/aromatic N) is 4. The minimum absolute atomic E-state index is 0.0622. The molecule has 2 heterocycles. The summed E-state index contributed by atoms with van der Waals surface area (Å²) in [6.07, 6.45) is 0.843. The summed E-state index contributed by atoms with van der Waals surface area (Å²) >= 11 is 0. The lowest BCUT2D eigenvalue weighted by molar-refractivity contribution is -0.133. The van der Waals surface area contributed by atoms with Crippen LogP contribution >= 0.6 is 0 Å². The van der Waals surface area contributed by atoms with Gasteiger partial charge in [0.25, 0.3) is 5.56 Å². The zero-order valence-corrected chi connectivity index (χ0v) is 17.7. The van der Waals surface area contributed by atoms with E-state index in [4.69, 9.17) is 0 Å². The first-order chi connectivity index (χ1) is 14.5. The number of fused-ring (bicyclic) bond motifs is 1. The van der Waals surface area contributed by atoms with Gasteiger partial charge in [0, 0.05) is 52.6 Å². The van der Waals surface area contributed by atoms with Crippen LogP contribution < -0.4 is 5.56 Å². The van der Waals surface area contributed by atoms with Crippen LogP contribution in [0.3, 0.4) is 0 Å². The molecule has 0 saturated carbocycles. The minimum Gasteiger partial charge on any atom is -0.340 e. The second-order valence-electron chi connectivity index (χ2n) is 8.06. The fraction of sp³-hybridized carbons (Fsp3) is 0.375. The number of aryl methyl sites for hydroxylation is 2. The highest BCUT2D eigenvalue weighted by molar-refractivity contribution is 5.78. The van der Waals surface area contributed by atoms with Crippen molar-refractivity contribution in [2.24, 2.45) is 7.05 Å². The van der Waals surface area contributed by atoms with E-state index in [1.54, 1.807) is 17.7 Å². The highest BCUT2D eigenvalue weighted by Crippen LogP contribution is 2.13. The number of aromatic nitrogens is 2. The number of piperazine rings is 1. The predicted octanol–water partition coefficient (Wildman–Crippen LogP) is 2.52. The number of hydrogen-bond donors (Lipinski definition) is 0. The summed E-state index contributed by atoms with van der Waals surface area (Å²) in [4.78, 5) is 34.2. The van der Waals surface area contributed by atoms with E-state index in [9.17, 15) is 9.59 Å². The second-order valence-corrected chi connectivity index (χ2v) is 8.06. The molecule has 1 aromatic heterocycles. The molecule has 30 heavy (non-hydrogen) atoms. The van der Waals surface area contributed by atoms with Gasteiger partial charge in [-0.3, -0.25) is 19.1 Å². The summed E-state index contributed by atoms with van der Waals surface area (Å²) in [6.45, 7) is 6.29. The molecule has 6 nitrogen and oxygen atoms in total. The number of carbonyl (C=O) groups is 1. The van der Waals surface area contributed by atoms with E-state index in [-0.39, 0.29) is 11.5 Å². The van der Waals surface area contributed by atoms with Crippen molar-refractivity contribution in [3.05, 3.63) is 75.8 Å². The lowest BCUT2D eigenvalue weighted by Gasteiger charge is -2.35. The number of para-hydroxylation sites is 1. The van der Waals surface area contributed by atoms with Crippen molar-refractivity contribution in [3.63, 3.8) is 0 Å². The maximum Gasteiger partial charge on any atom is 0.261 e. The van der Waals surface area contributed by atoms with Gasteiger partial charge in [0.1, 0.15) is 5.82 Å². The van der Waals surface area contributed by atoms with Crippen LogP contribution in [0.5, 0.6) is 0 Å². The van der Waals surface area contributed by atoms with Crippen molar-refractivity contribution in [3.8, 4) is 0 Å². The first kappa shape index (κ1) is 20.3. The SMILES string of the molecule is Cc1cccc(CN2CCN(C(=O)CCc3nc4ccccc4c(=O)n3C)CC2)c1. The molecule has 0 atom stereocenters. The van der Waals surface area contributed by atoms with Gasteiger partial charge in [-0.1, -0.05) is 42.0 Å². The van der Waals surface area contributed by atoms with Gasteiger partial charge in [-0.2, -0.15) is 0 Å². The highest BCUT2D eigenvalue weighted by atomic mass is 16.2. The van der Waals surface area contributed by atoms with Crippen LogP contribution in [-0.2, 0) is 24.8 Å². The maximum absolute atomic E-state index is 12.7. The first-order valence-electron chi connectivity index (χ1n) is 10.5. The van der Waals surface area contributed by atoms with Crippen molar-refractivity contribution in [2.45, 2.75) is 26.3 Å². The van der Waals surface area contributed by atoms with Gasteiger partial charge in [0.15, 0.2) is 0 Å². The smallest absolute Gasteiger partial charge is 0.261 e. The van der Waals surface area contributed by atoms with Gasteiger partial charge < -0.3 is 4.90 Å². The lowest BCUT2D eigenvalue weighted by atomic mass is 10.1. The van der Waals surface area contributed by atoms with E-state index < -0.39 is 0 Å². The zero-order chi connectivity index (χ0) is 21.1. The molecule has 1 fully saturated rings. The normalized spacial score (nSPS) is 14.9. The molecule has 1 saturated heterocycles. The molecule has 0 radical (unpaired) electrons. The number of rotatable bonds is 5. The average Bonchev–Trinajstić information content (AvgIpc) is 2.75. The van der Waals surface area contributed by atoms with Gasteiger partial charge in [0.05, 0.1) is 10.9 Å². The number of carbonyl (C=O) groups excluding carboxylic acids is 1. The van der Waals surface area contributed by atoms with Crippen molar-refractivity contribution in [1.29, 1.82) is 0 Å².